The molecule has 0 amide bonds. The van der Waals surface area contributed by atoms with Crippen LogP contribution in [0.3, 0.4) is 0 Å². The van der Waals surface area contributed by atoms with Crippen LogP contribution in [0, 0.1) is 0 Å². The molecule has 0 aliphatic carbocycles. The summed E-state index contributed by atoms with van der Waals surface area (Å²) < 4.78 is 25.9. The molecule has 0 spiro atoms. The number of ether oxygens (including phenoxy) is 2. The molecule has 0 radical (unpaired) electrons. The van der Waals surface area contributed by atoms with E-state index in [0.717, 1.165) is 64.2 Å². The van der Waals surface area contributed by atoms with E-state index in [9.17, 15) is 14.2 Å². The van der Waals surface area contributed by atoms with Gasteiger partial charge >= 0.3 is 19.8 Å². The molecule has 35 heavy (non-hydrogen) atoms. The Morgan fingerprint density at radius 2 is 1.26 bits per heavy atom. The van der Waals surface area contributed by atoms with Crippen LogP contribution in [-0.2, 0) is 28.2 Å². The maximum Gasteiger partial charge on any atom is 0.469 e. The molecular weight excluding hydrogens is 471 g/mol. The van der Waals surface area contributed by atoms with Gasteiger partial charge in [0.15, 0.2) is 6.10 Å². The zero-order chi connectivity index (χ0) is 26.2. The highest BCUT2D eigenvalue weighted by molar-refractivity contribution is 7.46. The smallest absolute Gasteiger partial charge is 0.462 e. The molecule has 0 rings (SSSR count). The van der Waals surface area contributed by atoms with Crippen molar-refractivity contribution in [3.63, 3.8) is 0 Å². The van der Waals surface area contributed by atoms with Gasteiger partial charge in [0.2, 0.25) is 0 Å². The lowest BCUT2D eigenvalue weighted by Gasteiger charge is -2.18. The van der Waals surface area contributed by atoms with Gasteiger partial charge in [-0.05, 0) is 32.1 Å². The number of hydrogen-bond donors (Lipinski definition) is 2. The molecule has 0 aromatic rings. The second-order valence-corrected chi connectivity index (χ2v) is 10.3. The van der Waals surface area contributed by atoms with E-state index < -0.39 is 32.5 Å². The number of phosphoric acid groups is 1. The van der Waals surface area contributed by atoms with Crippen molar-refractivity contribution in [1.82, 2.24) is 0 Å². The van der Waals surface area contributed by atoms with Gasteiger partial charge in [0.25, 0.3) is 0 Å². The van der Waals surface area contributed by atoms with Crippen molar-refractivity contribution in [2.75, 3.05) is 13.2 Å². The van der Waals surface area contributed by atoms with Crippen molar-refractivity contribution in [3.05, 3.63) is 12.2 Å². The summed E-state index contributed by atoms with van der Waals surface area (Å²) in [5.41, 5.74) is 0. The third kappa shape index (κ3) is 25.7. The number of allylic oxidation sites excluding steroid dienone is 2. The molecule has 0 unspecified atom stereocenters. The molecule has 0 aromatic heterocycles. The van der Waals surface area contributed by atoms with Crippen molar-refractivity contribution < 1.29 is 37.9 Å². The lowest BCUT2D eigenvalue weighted by atomic mass is 10.1. The third-order valence-corrected chi connectivity index (χ3v) is 6.00. The Hall–Kier alpha value is -1.21. The van der Waals surface area contributed by atoms with E-state index in [2.05, 4.69) is 30.5 Å². The predicted molar refractivity (Wildman–Crippen MR) is 138 cm³/mol. The molecule has 8 nitrogen and oxygen atoms in total. The summed E-state index contributed by atoms with van der Waals surface area (Å²) in [4.78, 5) is 42.0. The molecule has 1 atom stereocenters. The van der Waals surface area contributed by atoms with E-state index in [1.807, 2.05) is 0 Å². The number of hydrogen-bond acceptors (Lipinski definition) is 6. The van der Waals surface area contributed by atoms with Gasteiger partial charge in [-0.25, -0.2) is 4.57 Å². The summed E-state index contributed by atoms with van der Waals surface area (Å²) in [6.07, 6.45) is 19.7. The van der Waals surface area contributed by atoms with Crippen LogP contribution in [0.2, 0.25) is 0 Å². The van der Waals surface area contributed by atoms with Crippen LogP contribution in [0.1, 0.15) is 123 Å². The molecule has 0 bridgehead atoms. The first-order chi connectivity index (χ1) is 16.8. The van der Waals surface area contributed by atoms with Gasteiger partial charge in [-0.2, -0.15) is 0 Å². The van der Waals surface area contributed by atoms with Crippen LogP contribution < -0.4 is 0 Å². The van der Waals surface area contributed by atoms with Crippen LogP contribution in [0.4, 0.5) is 0 Å². The van der Waals surface area contributed by atoms with Crippen LogP contribution >= 0.6 is 7.82 Å². The number of carbonyl (C=O) groups excluding carboxylic acids is 2. The zero-order valence-corrected chi connectivity index (χ0v) is 22.9. The highest BCUT2D eigenvalue weighted by Gasteiger charge is 2.22. The normalized spacial score (nSPS) is 12.7. The van der Waals surface area contributed by atoms with Crippen molar-refractivity contribution in [3.8, 4) is 0 Å². The average molecular weight is 521 g/mol. The summed E-state index contributed by atoms with van der Waals surface area (Å²) in [7, 11) is -4.73. The van der Waals surface area contributed by atoms with E-state index in [4.69, 9.17) is 19.3 Å². The Morgan fingerprint density at radius 3 is 1.86 bits per heavy atom. The summed E-state index contributed by atoms with van der Waals surface area (Å²) in [6.45, 7) is 3.51. The Balaban J connectivity index is 4.14. The van der Waals surface area contributed by atoms with E-state index >= 15 is 0 Å². The van der Waals surface area contributed by atoms with Gasteiger partial charge in [0, 0.05) is 12.8 Å². The van der Waals surface area contributed by atoms with Gasteiger partial charge in [-0.1, -0.05) is 90.2 Å². The minimum Gasteiger partial charge on any atom is -0.462 e. The van der Waals surface area contributed by atoms with Crippen LogP contribution in [0.25, 0.3) is 0 Å². The van der Waals surface area contributed by atoms with Crippen LogP contribution in [0.5, 0.6) is 0 Å². The second kappa shape index (κ2) is 23.2. The molecule has 0 saturated heterocycles. The summed E-state index contributed by atoms with van der Waals surface area (Å²) in [5.74, 6) is -0.907. The molecule has 0 fully saturated rings. The Labute approximate surface area is 212 Å². The lowest BCUT2D eigenvalue weighted by molar-refractivity contribution is -0.161. The number of esters is 2. The number of unbranched alkanes of at least 4 members (excludes halogenated alkanes) is 12. The first kappa shape index (κ1) is 33.8. The predicted octanol–water partition coefficient (Wildman–Crippen LogP) is 6.78. The van der Waals surface area contributed by atoms with Crippen molar-refractivity contribution in [2.45, 2.75) is 129 Å². The standard InChI is InChI=1S/C26H49O8P/c1-3-5-7-9-11-12-13-15-17-19-21-26(28)34-24(23-33-35(29,30)31)22-32-25(27)20-18-16-14-10-8-6-4-2/h7,9,24H,3-6,8,10-23H2,1-2H3,(H2,29,30,31)/b9-7+/t24-/m1/s1. The molecule has 0 heterocycles. The van der Waals surface area contributed by atoms with Gasteiger partial charge in [0.05, 0.1) is 6.61 Å². The molecule has 0 aliphatic rings. The number of carbonyl (C=O) groups is 2. The second-order valence-electron chi connectivity index (χ2n) is 9.02. The van der Waals surface area contributed by atoms with Gasteiger partial charge in [-0.3, -0.25) is 14.1 Å². The minimum absolute atomic E-state index is 0.203. The fourth-order valence-electron chi connectivity index (χ4n) is 3.49. The minimum atomic E-state index is -4.73. The Morgan fingerprint density at radius 1 is 0.714 bits per heavy atom. The van der Waals surface area contributed by atoms with Crippen molar-refractivity contribution in [1.29, 1.82) is 0 Å². The maximum absolute atomic E-state index is 12.2. The third-order valence-electron chi connectivity index (χ3n) is 5.52. The Bertz CT molecular complexity index is 602. The molecule has 0 saturated carbocycles. The van der Waals surface area contributed by atoms with E-state index in [1.54, 1.807) is 0 Å². The SMILES string of the molecule is CCC/C=C/CCCCCCCC(=O)O[C@H](COC(=O)CCCCCCCCC)COP(=O)(O)O. The first-order valence-electron chi connectivity index (χ1n) is 13.5. The number of phosphoric ester groups is 1. The van der Waals surface area contributed by atoms with Crippen LogP contribution in [-0.4, -0.2) is 41.0 Å². The molecule has 2 N–H and O–H groups in total. The van der Waals surface area contributed by atoms with Crippen LogP contribution in [0.15, 0.2) is 12.2 Å². The topological polar surface area (TPSA) is 119 Å². The maximum atomic E-state index is 12.2. The largest absolute Gasteiger partial charge is 0.469 e. The Kier molecular flexibility index (Phi) is 22.4. The van der Waals surface area contributed by atoms with E-state index in [1.165, 1.54) is 25.7 Å². The average Bonchev–Trinajstić information content (AvgIpc) is 2.81. The molecule has 206 valence electrons. The fourth-order valence-corrected chi connectivity index (χ4v) is 3.85. The van der Waals surface area contributed by atoms with Crippen molar-refractivity contribution >= 4 is 19.8 Å². The van der Waals surface area contributed by atoms with Gasteiger partial charge < -0.3 is 19.3 Å². The van der Waals surface area contributed by atoms with Gasteiger partial charge in [0.1, 0.15) is 6.61 Å². The summed E-state index contributed by atoms with van der Waals surface area (Å²) in [6, 6.07) is 0. The highest BCUT2D eigenvalue weighted by Crippen LogP contribution is 2.35. The summed E-state index contributed by atoms with van der Waals surface area (Å²) in [5, 5.41) is 0. The quantitative estimate of drug-likeness (QED) is 0.0619. The highest BCUT2D eigenvalue weighted by atomic mass is 31.2. The molecule has 0 aromatic carbocycles. The van der Waals surface area contributed by atoms with E-state index in [-0.39, 0.29) is 19.4 Å². The molecule has 0 aliphatic heterocycles. The molecular formula is C26H49O8P. The fraction of sp³-hybridized carbons (Fsp3) is 0.846. The monoisotopic (exact) mass is 520 g/mol. The first-order valence-corrected chi connectivity index (χ1v) is 15.0. The zero-order valence-electron chi connectivity index (χ0n) is 22.0. The van der Waals surface area contributed by atoms with Crippen molar-refractivity contribution in [2.24, 2.45) is 0 Å². The van der Waals surface area contributed by atoms with E-state index in [0.29, 0.717) is 6.42 Å². The summed E-state index contributed by atoms with van der Waals surface area (Å²) >= 11 is 0. The number of rotatable bonds is 24. The molecule has 9 heteroatoms. The van der Waals surface area contributed by atoms with Gasteiger partial charge in [-0.15, -0.1) is 0 Å². The lowest BCUT2D eigenvalue weighted by Crippen LogP contribution is -2.29.